The molecule has 0 radical (unpaired) electrons. The maximum absolute atomic E-state index is 11.5. The van der Waals surface area contributed by atoms with Crippen LogP contribution < -0.4 is 10.6 Å². The Morgan fingerprint density at radius 3 is 2.33 bits per heavy atom. The lowest BCUT2D eigenvalue weighted by Crippen LogP contribution is -2.38. The van der Waals surface area contributed by atoms with Crippen molar-refractivity contribution in [2.24, 2.45) is 0 Å². The second-order valence-corrected chi connectivity index (χ2v) is 5.77. The van der Waals surface area contributed by atoms with Gasteiger partial charge in [-0.15, -0.1) is 0 Å². The standard InChI is InChI=1S/C19H22N2O3/c1-19(14-22,12-13-20-16-6-4-3-5-7-16)21-17-10-8-15(9-11-17)18(23)24-2/h3-11,14,20-21H,12-13H2,1-2H3. The van der Waals surface area contributed by atoms with E-state index in [0.717, 1.165) is 17.7 Å². The summed E-state index contributed by atoms with van der Waals surface area (Å²) in [5, 5.41) is 6.51. The van der Waals surface area contributed by atoms with E-state index in [0.29, 0.717) is 18.5 Å². The van der Waals surface area contributed by atoms with Crippen LogP contribution in [0.3, 0.4) is 0 Å². The largest absolute Gasteiger partial charge is 0.465 e. The predicted octanol–water partition coefficient (Wildman–Crippen LogP) is 3.34. The van der Waals surface area contributed by atoms with Crippen LogP contribution in [0, 0.1) is 0 Å². The molecule has 2 rings (SSSR count). The van der Waals surface area contributed by atoms with Crippen molar-refractivity contribution >= 4 is 23.6 Å². The average Bonchev–Trinajstić information content (AvgIpc) is 2.62. The maximum atomic E-state index is 11.5. The quantitative estimate of drug-likeness (QED) is 0.575. The fraction of sp³-hybridized carbons (Fsp3) is 0.263. The zero-order valence-electron chi connectivity index (χ0n) is 13.9. The number of esters is 1. The van der Waals surface area contributed by atoms with Gasteiger partial charge in [0.25, 0.3) is 0 Å². The lowest BCUT2D eigenvalue weighted by atomic mass is 9.99. The van der Waals surface area contributed by atoms with E-state index >= 15 is 0 Å². The molecule has 2 aromatic rings. The van der Waals surface area contributed by atoms with Gasteiger partial charge in [-0.1, -0.05) is 18.2 Å². The highest BCUT2D eigenvalue weighted by Crippen LogP contribution is 2.18. The van der Waals surface area contributed by atoms with E-state index in [1.54, 1.807) is 24.3 Å². The van der Waals surface area contributed by atoms with Crippen molar-refractivity contribution < 1.29 is 14.3 Å². The molecule has 0 bridgehead atoms. The van der Waals surface area contributed by atoms with E-state index in [4.69, 9.17) is 0 Å². The molecular formula is C19H22N2O3. The average molecular weight is 326 g/mol. The molecule has 0 aromatic heterocycles. The van der Waals surface area contributed by atoms with Crippen LogP contribution in [0.5, 0.6) is 0 Å². The zero-order valence-corrected chi connectivity index (χ0v) is 13.9. The minimum Gasteiger partial charge on any atom is -0.465 e. The Labute approximate surface area is 142 Å². The van der Waals surface area contributed by atoms with Crippen LogP contribution in [0.4, 0.5) is 11.4 Å². The number of anilines is 2. The molecule has 24 heavy (non-hydrogen) atoms. The van der Waals surface area contributed by atoms with Crippen molar-refractivity contribution in [2.75, 3.05) is 24.3 Å². The van der Waals surface area contributed by atoms with E-state index < -0.39 is 5.54 Å². The molecular weight excluding hydrogens is 304 g/mol. The number of carbonyl (C=O) groups excluding carboxylic acids is 2. The Balaban J connectivity index is 1.94. The Hall–Kier alpha value is -2.82. The summed E-state index contributed by atoms with van der Waals surface area (Å²) < 4.78 is 4.67. The summed E-state index contributed by atoms with van der Waals surface area (Å²) in [4.78, 5) is 23.0. The van der Waals surface area contributed by atoms with Crippen LogP contribution in [0.15, 0.2) is 54.6 Å². The second kappa shape index (κ2) is 8.15. The minimum absolute atomic E-state index is 0.383. The summed E-state index contributed by atoms with van der Waals surface area (Å²) in [5.41, 5.74) is 1.57. The first-order chi connectivity index (χ1) is 11.6. The van der Waals surface area contributed by atoms with Crippen LogP contribution in [0.1, 0.15) is 23.7 Å². The Bertz CT molecular complexity index is 671. The fourth-order valence-corrected chi connectivity index (χ4v) is 2.31. The van der Waals surface area contributed by atoms with Crippen molar-refractivity contribution in [1.29, 1.82) is 0 Å². The van der Waals surface area contributed by atoms with Crippen LogP contribution in [0.25, 0.3) is 0 Å². The van der Waals surface area contributed by atoms with E-state index in [2.05, 4.69) is 15.4 Å². The first kappa shape index (κ1) is 17.5. The number of hydrogen-bond donors (Lipinski definition) is 2. The molecule has 1 atom stereocenters. The third kappa shape index (κ3) is 4.84. The number of rotatable bonds is 8. The third-order valence-corrected chi connectivity index (χ3v) is 3.74. The first-order valence-corrected chi connectivity index (χ1v) is 7.78. The number of carbonyl (C=O) groups is 2. The van der Waals surface area contributed by atoms with Crippen molar-refractivity contribution in [1.82, 2.24) is 0 Å². The Kier molecular flexibility index (Phi) is 5.95. The van der Waals surface area contributed by atoms with Crippen molar-refractivity contribution in [3.05, 3.63) is 60.2 Å². The van der Waals surface area contributed by atoms with Gasteiger partial charge < -0.3 is 20.2 Å². The number of para-hydroxylation sites is 1. The summed E-state index contributed by atoms with van der Waals surface area (Å²) >= 11 is 0. The van der Waals surface area contributed by atoms with Gasteiger partial charge >= 0.3 is 5.97 Å². The lowest BCUT2D eigenvalue weighted by molar-refractivity contribution is -0.111. The molecule has 5 heteroatoms. The molecule has 5 nitrogen and oxygen atoms in total. The molecule has 0 fully saturated rings. The molecule has 0 aliphatic carbocycles. The number of nitrogens with one attached hydrogen (secondary N) is 2. The highest BCUT2D eigenvalue weighted by molar-refractivity contribution is 5.89. The SMILES string of the molecule is COC(=O)c1ccc(NC(C)(C=O)CCNc2ccccc2)cc1. The van der Waals surface area contributed by atoms with E-state index in [1.807, 2.05) is 37.3 Å². The first-order valence-electron chi connectivity index (χ1n) is 7.78. The van der Waals surface area contributed by atoms with Gasteiger partial charge in [-0.05, 0) is 49.7 Å². The second-order valence-electron chi connectivity index (χ2n) is 5.77. The van der Waals surface area contributed by atoms with Crippen LogP contribution >= 0.6 is 0 Å². The summed E-state index contributed by atoms with van der Waals surface area (Å²) in [6.45, 7) is 2.51. The Morgan fingerprint density at radius 1 is 1.08 bits per heavy atom. The molecule has 1 unspecified atom stereocenters. The predicted molar refractivity (Wildman–Crippen MR) is 95.4 cm³/mol. The van der Waals surface area contributed by atoms with Gasteiger partial charge in [0.2, 0.25) is 0 Å². The molecule has 0 heterocycles. The zero-order chi connectivity index (χ0) is 17.4. The van der Waals surface area contributed by atoms with Crippen molar-refractivity contribution in [3.8, 4) is 0 Å². The molecule has 2 aromatic carbocycles. The van der Waals surface area contributed by atoms with Crippen LogP contribution in [-0.2, 0) is 9.53 Å². The molecule has 0 aliphatic rings. The number of hydrogen-bond acceptors (Lipinski definition) is 5. The number of methoxy groups -OCH3 is 1. The number of ether oxygens (including phenoxy) is 1. The molecule has 0 spiro atoms. The molecule has 2 N–H and O–H groups in total. The molecule has 0 amide bonds. The van der Waals surface area contributed by atoms with Crippen LogP contribution in [-0.4, -0.2) is 31.4 Å². The summed E-state index contributed by atoms with van der Waals surface area (Å²) in [7, 11) is 1.34. The van der Waals surface area contributed by atoms with E-state index in [1.165, 1.54) is 7.11 Å². The minimum atomic E-state index is -0.700. The van der Waals surface area contributed by atoms with Gasteiger partial charge in [-0.2, -0.15) is 0 Å². The van der Waals surface area contributed by atoms with Crippen molar-refractivity contribution in [3.63, 3.8) is 0 Å². The molecule has 0 saturated carbocycles. The summed E-state index contributed by atoms with van der Waals surface area (Å²) in [6, 6.07) is 16.7. The van der Waals surface area contributed by atoms with Gasteiger partial charge in [-0.25, -0.2) is 4.79 Å². The maximum Gasteiger partial charge on any atom is 0.337 e. The Morgan fingerprint density at radius 2 is 1.75 bits per heavy atom. The van der Waals surface area contributed by atoms with Gasteiger partial charge in [0.1, 0.15) is 6.29 Å². The highest BCUT2D eigenvalue weighted by Gasteiger charge is 2.22. The smallest absolute Gasteiger partial charge is 0.337 e. The summed E-state index contributed by atoms with van der Waals surface area (Å²) in [6.07, 6.45) is 1.53. The topological polar surface area (TPSA) is 67.4 Å². The molecule has 126 valence electrons. The fourth-order valence-electron chi connectivity index (χ4n) is 2.31. The van der Waals surface area contributed by atoms with E-state index in [-0.39, 0.29) is 5.97 Å². The summed E-state index contributed by atoms with van der Waals surface area (Å²) in [5.74, 6) is -0.383. The third-order valence-electron chi connectivity index (χ3n) is 3.74. The monoisotopic (exact) mass is 326 g/mol. The van der Waals surface area contributed by atoms with Gasteiger partial charge in [0, 0.05) is 17.9 Å². The van der Waals surface area contributed by atoms with Gasteiger partial charge in [0.15, 0.2) is 0 Å². The van der Waals surface area contributed by atoms with Crippen LogP contribution in [0.2, 0.25) is 0 Å². The van der Waals surface area contributed by atoms with Gasteiger partial charge in [-0.3, -0.25) is 0 Å². The molecule has 0 aliphatic heterocycles. The number of benzene rings is 2. The highest BCUT2D eigenvalue weighted by atomic mass is 16.5. The van der Waals surface area contributed by atoms with Crippen molar-refractivity contribution in [2.45, 2.75) is 18.9 Å². The van der Waals surface area contributed by atoms with E-state index in [9.17, 15) is 9.59 Å². The molecule has 0 saturated heterocycles. The normalized spacial score (nSPS) is 12.8. The van der Waals surface area contributed by atoms with Gasteiger partial charge in [0.05, 0.1) is 18.2 Å². The number of aldehydes is 1. The lowest BCUT2D eigenvalue weighted by Gasteiger charge is -2.26.